The molecule has 4 nitrogen and oxygen atoms in total. The molecule has 16 heavy (non-hydrogen) atoms. The fraction of sp³-hybridized carbons (Fsp3) is 0.750. The first-order valence-electron chi connectivity index (χ1n) is 5.80. The second-order valence-corrected chi connectivity index (χ2v) is 5.04. The van der Waals surface area contributed by atoms with Crippen LogP contribution in [0.1, 0.15) is 32.0 Å². The van der Waals surface area contributed by atoms with Crippen molar-refractivity contribution in [2.24, 2.45) is 5.92 Å². The number of rotatable bonds is 2. The molecule has 0 aliphatic carbocycles. The highest BCUT2D eigenvalue weighted by Gasteiger charge is 2.42. The average molecular weight is 224 g/mol. The maximum Gasteiger partial charge on any atom is 0.110 e. The minimum atomic E-state index is -0.355. The van der Waals surface area contributed by atoms with Crippen LogP contribution in [-0.2, 0) is 16.9 Å². The van der Waals surface area contributed by atoms with Crippen LogP contribution in [0.2, 0.25) is 0 Å². The molecular weight excluding hydrogens is 204 g/mol. The van der Waals surface area contributed by atoms with E-state index < -0.39 is 0 Å². The van der Waals surface area contributed by atoms with Crippen molar-refractivity contribution in [3.63, 3.8) is 0 Å². The van der Waals surface area contributed by atoms with E-state index in [-0.39, 0.29) is 18.3 Å². The normalized spacial score (nSPS) is 29.5. The van der Waals surface area contributed by atoms with Crippen LogP contribution in [0.5, 0.6) is 0 Å². The van der Waals surface area contributed by atoms with Crippen molar-refractivity contribution in [2.75, 3.05) is 6.61 Å². The number of aliphatic hydroxyl groups excluding tert-OH is 1. The van der Waals surface area contributed by atoms with Gasteiger partial charge in [-0.2, -0.15) is 5.10 Å². The van der Waals surface area contributed by atoms with Crippen LogP contribution >= 0.6 is 0 Å². The molecule has 1 aromatic rings. The molecule has 0 saturated carbocycles. The van der Waals surface area contributed by atoms with Gasteiger partial charge in [0.15, 0.2) is 0 Å². The molecule has 0 aromatic carbocycles. The van der Waals surface area contributed by atoms with Crippen molar-refractivity contribution < 1.29 is 9.84 Å². The Hall–Kier alpha value is -0.870. The van der Waals surface area contributed by atoms with Gasteiger partial charge in [0.25, 0.3) is 0 Å². The predicted molar refractivity (Wildman–Crippen MR) is 61.1 cm³/mol. The molecule has 2 atom stereocenters. The Labute approximate surface area is 96.2 Å². The molecule has 0 radical (unpaired) electrons. The molecule has 1 aromatic heterocycles. The molecule has 2 heterocycles. The zero-order valence-corrected chi connectivity index (χ0v) is 10.4. The predicted octanol–water partition coefficient (Wildman–Crippen LogP) is 1.45. The number of fused-ring (bicyclic) bond motifs is 1. The van der Waals surface area contributed by atoms with Crippen molar-refractivity contribution >= 4 is 0 Å². The van der Waals surface area contributed by atoms with Crippen LogP contribution in [0.25, 0.3) is 0 Å². The number of ether oxygens (including phenoxy) is 1. The van der Waals surface area contributed by atoms with Gasteiger partial charge in [-0.05, 0) is 25.3 Å². The maximum absolute atomic E-state index is 9.27. The van der Waals surface area contributed by atoms with Gasteiger partial charge in [0.2, 0.25) is 0 Å². The Morgan fingerprint density at radius 1 is 1.69 bits per heavy atom. The first kappa shape index (κ1) is 11.6. The zero-order chi connectivity index (χ0) is 11.9. The number of nitrogens with zero attached hydrogens (tertiary/aromatic N) is 2. The van der Waals surface area contributed by atoms with E-state index in [2.05, 4.69) is 32.8 Å². The summed E-state index contributed by atoms with van der Waals surface area (Å²) in [5.74, 6) is 0.344. The van der Waals surface area contributed by atoms with Crippen LogP contribution in [0.4, 0.5) is 0 Å². The van der Waals surface area contributed by atoms with Gasteiger partial charge in [0, 0.05) is 0 Å². The van der Waals surface area contributed by atoms with Gasteiger partial charge in [-0.3, -0.25) is 4.68 Å². The second kappa shape index (κ2) is 3.86. The van der Waals surface area contributed by atoms with Crippen molar-refractivity contribution in [1.82, 2.24) is 9.78 Å². The SMILES string of the molecule is Cc1cnn2c1C(C)(C(C)C)OC(CO)C2. The second-order valence-electron chi connectivity index (χ2n) is 5.04. The Kier molecular flexibility index (Phi) is 2.80. The molecule has 2 rings (SSSR count). The van der Waals surface area contributed by atoms with Gasteiger partial charge < -0.3 is 9.84 Å². The molecule has 90 valence electrons. The third-order valence-electron chi connectivity index (χ3n) is 3.59. The largest absolute Gasteiger partial charge is 0.394 e. The molecule has 1 aliphatic heterocycles. The van der Waals surface area contributed by atoms with E-state index in [1.54, 1.807) is 0 Å². The van der Waals surface area contributed by atoms with E-state index in [4.69, 9.17) is 4.74 Å². The Morgan fingerprint density at radius 2 is 2.38 bits per heavy atom. The monoisotopic (exact) mass is 224 g/mol. The minimum absolute atomic E-state index is 0.0423. The lowest BCUT2D eigenvalue weighted by Gasteiger charge is -2.42. The Bertz CT molecular complexity index is 386. The van der Waals surface area contributed by atoms with Crippen LogP contribution < -0.4 is 0 Å². The summed E-state index contributed by atoms with van der Waals surface area (Å²) in [4.78, 5) is 0. The summed E-state index contributed by atoms with van der Waals surface area (Å²) in [7, 11) is 0. The molecule has 1 N–H and O–H groups in total. The van der Waals surface area contributed by atoms with Crippen LogP contribution in [0.3, 0.4) is 0 Å². The summed E-state index contributed by atoms with van der Waals surface area (Å²) in [5, 5.41) is 13.6. The Morgan fingerprint density at radius 3 is 2.94 bits per heavy atom. The number of hydrogen-bond acceptors (Lipinski definition) is 3. The molecule has 0 fully saturated rings. The number of aryl methyl sites for hydroxylation is 1. The average Bonchev–Trinajstić information content (AvgIpc) is 2.60. The molecule has 0 spiro atoms. The number of aromatic nitrogens is 2. The zero-order valence-electron chi connectivity index (χ0n) is 10.4. The van der Waals surface area contributed by atoms with E-state index in [1.807, 2.05) is 10.9 Å². The van der Waals surface area contributed by atoms with Gasteiger partial charge in [0.05, 0.1) is 25.0 Å². The molecule has 2 unspecified atom stereocenters. The van der Waals surface area contributed by atoms with E-state index in [1.165, 1.54) is 0 Å². The lowest BCUT2D eigenvalue weighted by molar-refractivity contribution is -0.158. The summed E-state index contributed by atoms with van der Waals surface area (Å²) < 4.78 is 8.01. The van der Waals surface area contributed by atoms with Crippen LogP contribution in [0, 0.1) is 12.8 Å². The fourth-order valence-corrected chi connectivity index (χ4v) is 2.40. The highest BCUT2D eigenvalue weighted by Crippen LogP contribution is 2.39. The lowest BCUT2D eigenvalue weighted by atomic mass is 9.85. The lowest BCUT2D eigenvalue weighted by Crippen LogP contribution is -2.46. The van der Waals surface area contributed by atoms with Crippen molar-refractivity contribution in [3.8, 4) is 0 Å². The van der Waals surface area contributed by atoms with Gasteiger partial charge in [0.1, 0.15) is 11.7 Å². The molecule has 4 heteroatoms. The van der Waals surface area contributed by atoms with Gasteiger partial charge in [-0.25, -0.2) is 0 Å². The van der Waals surface area contributed by atoms with Gasteiger partial charge in [-0.15, -0.1) is 0 Å². The van der Waals surface area contributed by atoms with Crippen molar-refractivity contribution in [3.05, 3.63) is 17.5 Å². The Balaban J connectivity index is 2.49. The van der Waals surface area contributed by atoms with Crippen molar-refractivity contribution in [1.29, 1.82) is 0 Å². The van der Waals surface area contributed by atoms with Crippen LogP contribution in [0.15, 0.2) is 6.20 Å². The first-order valence-corrected chi connectivity index (χ1v) is 5.80. The minimum Gasteiger partial charge on any atom is -0.394 e. The third-order valence-corrected chi connectivity index (χ3v) is 3.59. The highest BCUT2D eigenvalue weighted by atomic mass is 16.5. The van der Waals surface area contributed by atoms with E-state index in [9.17, 15) is 5.11 Å². The van der Waals surface area contributed by atoms with E-state index in [0.717, 1.165) is 11.3 Å². The topological polar surface area (TPSA) is 47.3 Å². The summed E-state index contributed by atoms with van der Waals surface area (Å²) >= 11 is 0. The summed E-state index contributed by atoms with van der Waals surface area (Å²) in [6, 6.07) is 0. The smallest absolute Gasteiger partial charge is 0.110 e. The standard InChI is InChI=1S/C12H20N2O2/c1-8(2)12(4)11-9(3)5-13-14(11)6-10(7-15)16-12/h5,8,10,15H,6-7H2,1-4H3. The van der Waals surface area contributed by atoms with Gasteiger partial charge in [-0.1, -0.05) is 13.8 Å². The van der Waals surface area contributed by atoms with Crippen LogP contribution in [-0.4, -0.2) is 27.6 Å². The molecule has 0 saturated heterocycles. The molecule has 0 bridgehead atoms. The summed E-state index contributed by atoms with van der Waals surface area (Å²) in [5.41, 5.74) is 1.95. The van der Waals surface area contributed by atoms with Crippen molar-refractivity contribution in [2.45, 2.75) is 45.9 Å². The van der Waals surface area contributed by atoms with Gasteiger partial charge >= 0.3 is 0 Å². The van der Waals surface area contributed by atoms with E-state index in [0.29, 0.717) is 12.5 Å². The molecule has 0 amide bonds. The number of aliphatic hydroxyl groups is 1. The first-order chi connectivity index (χ1) is 7.49. The number of hydrogen-bond donors (Lipinski definition) is 1. The quantitative estimate of drug-likeness (QED) is 0.827. The summed E-state index contributed by atoms with van der Waals surface area (Å²) in [6.45, 7) is 9.10. The third kappa shape index (κ3) is 1.57. The molecular formula is C12H20N2O2. The summed E-state index contributed by atoms with van der Waals surface area (Å²) in [6.07, 6.45) is 1.72. The highest BCUT2D eigenvalue weighted by molar-refractivity contribution is 5.24. The fourth-order valence-electron chi connectivity index (χ4n) is 2.40. The maximum atomic E-state index is 9.27. The van der Waals surface area contributed by atoms with E-state index >= 15 is 0 Å². The molecule has 1 aliphatic rings.